The van der Waals surface area contributed by atoms with Crippen molar-refractivity contribution in [1.29, 1.82) is 0 Å². The van der Waals surface area contributed by atoms with Crippen molar-refractivity contribution in [2.24, 2.45) is 0 Å². The summed E-state index contributed by atoms with van der Waals surface area (Å²) in [5.74, 6) is 0.209. The molecule has 4 aliphatic heterocycles. The van der Waals surface area contributed by atoms with Crippen LogP contribution in [-0.4, -0.2) is 60.0 Å². The van der Waals surface area contributed by atoms with Gasteiger partial charge in [-0.3, -0.25) is 9.69 Å². The second-order valence-corrected chi connectivity index (χ2v) is 8.35. The predicted octanol–water partition coefficient (Wildman–Crippen LogP) is 2.96. The van der Waals surface area contributed by atoms with E-state index in [1.807, 2.05) is 12.1 Å². The predicted molar refractivity (Wildman–Crippen MR) is 101 cm³/mol. The Labute approximate surface area is 159 Å². The van der Waals surface area contributed by atoms with E-state index in [0.717, 1.165) is 25.1 Å². The van der Waals surface area contributed by atoms with Crippen LogP contribution in [-0.2, 0) is 11.2 Å². The number of fused-ring (bicyclic) bond motifs is 4. The third kappa shape index (κ3) is 3.68. The van der Waals surface area contributed by atoms with Crippen molar-refractivity contribution in [1.82, 2.24) is 15.1 Å². The van der Waals surface area contributed by atoms with Crippen LogP contribution in [0.25, 0.3) is 0 Å². The minimum atomic E-state index is 0.209. The van der Waals surface area contributed by atoms with Crippen LogP contribution in [0.2, 0.25) is 10.0 Å². The van der Waals surface area contributed by atoms with E-state index in [0.29, 0.717) is 28.5 Å². The van der Waals surface area contributed by atoms with Crippen LogP contribution < -0.4 is 5.32 Å². The van der Waals surface area contributed by atoms with E-state index < -0.39 is 0 Å². The van der Waals surface area contributed by atoms with Crippen LogP contribution in [0, 0.1) is 0 Å². The van der Waals surface area contributed by atoms with E-state index >= 15 is 0 Å². The van der Waals surface area contributed by atoms with Gasteiger partial charge in [-0.05, 0) is 56.5 Å². The van der Waals surface area contributed by atoms with Gasteiger partial charge in [0.1, 0.15) is 0 Å². The maximum atomic E-state index is 13.1. The van der Waals surface area contributed by atoms with E-state index in [1.54, 1.807) is 6.07 Å². The molecule has 0 aromatic heterocycles. The Bertz CT molecular complexity index is 648. The smallest absolute Gasteiger partial charge is 0.227 e. The highest BCUT2D eigenvalue weighted by atomic mass is 35.5. The second kappa shape index (κ2) is 7.43. The Balaban J connectivity index is 1.51. The Kier molecular flexibility index (Phi) is 5.23. The lowest BCUT2D eigenvalue weighted by Gasteiger charge is -2.42. The van der Waals surface area contributed by atoms with Crippen molar-refractivity contribution in [2.75, 3.05) is 26.2 Å². The Morgan fingerprint density at radius 1 is 1.12 bits per heavy atom. The van der Waals surface area contributed by atoms with Crippen molar-refractivity contribution >= 4 is 29.1 Å². The number of amides is 1. The molecule has 0 spiro atoms. The number of carbonyl (C=O) groups is 1. The molecule has 4 aliphatic rings. The van der Waals surface area contributed by atoms with Crippen molar-refractivity contribution < 1.29 is 4.79 Å². The van der Waals surface area contributed by atoms with Gasteiger partial charge in [0.15, 0.2) is 0 Å². The molecule has 136 valence electrons. The number of halogens is 2. The minimum absolute atomic E-state index is 0.209. The molecular formula is C19H25Cl2N3O. The zero-order valence-corrected chi connectivity index (χ0v) is 15.9. The van der Waals surface area contributed by atoms with Gasteiger partial charge < -0.3 is 10.2 Å². The van der Waals surface area contributed by atoms with E-state index in [-0.39, 0.29) is 11.9 Å². The zero-order valence-electron chi connectivity index (χ0n) is 14.4. The summed E-state index contributed by atoms with van der Waals surface area (Å²) >= 11 is 12.1. The van der Waals surface area contributed by atoms with Gasteiger partial charge in [-0.1, -0.05) is 29.3 Å². The first-order valence-electron chi connectivity index (χ1n) is 9.32. The fraction of sp³-hybridized carbons (Fsp3) is 0.632. The third-order valence-corrected chi connectivity index (χ3v) is 6.70. The molecule has 4 heterocycles. The van der Waals surface area contributed by atoms with Crippen LogP contribution in [0.3, 0.4) is 0 Å². The lowest BCUT2D eigenvalue weighted by molar-refractivity contribution is -0.135. The first kappa shape index (κ1) is 17.6. The third-order valence-electron chi connectivity index (χ3n) is 5.96. The maximum absolute atomic E-state index is 13.1. The number of benzene rings is 1. The summed E-state index contributed by atoms with van der Waals surface area (Å²) in [6.45, 7) is 4.11. The highest BCUT2D eigenvalue weighted by molar-refractivity contribution is 6.42. The molecule has 1 aromatic rings. The van der Waals surface area contributed by atoms with Crippen LogP contribution in [0.1, 0.15) is 31.2 Å². The highest BCUT2D eigenvalue weighted by Crippen LogP contribution is 2.29. The molecule has 1 amide bonds. The van der Waals surface area contributed by atoms with E-state index in [9.17, 15) is 4.79 Å². The van der Waals surface area contributed by atoms with Gasteiger partial charge in [0.05, 0.1) is 22.5 Å². The van der Waals surface area contributed by atoms with Crippen molar-refractivity contribution in [2.45, 2.75) is 50.2 Å². The van der Waals surface area contributed by atoms with E-state index in [2.05, 4.69) is 15.1 Å². The molecule has 2 bridgehead atoms. The van der Waals surface area contributed by atoms with Gasteiger partial charge in [-0.15, -0.1) is 0 Å². The lowest BCUT2D eigenvalue weighted by atomic mass is 10.0. The van der Waals surface area contributed by atoms with Crippen molar-refractivity contribution in [3.05, 3.63) is 33.8 Å². The molecule has 4 nitrogen and oxygen atoms in total. The topological polar surface area (TPSA) is 35.6 Å². The molecule has 4 saturated heterocycles. The van der Waals surface area contributed by atoms with Gasteiger partial charge in [0.2, 0.25) is 5.91 Å². The molecule has 6 heteroatoms. The van der Waals surface area contributed by atoms with Crippen LogP contribution in [0.15, 0.2) is 18.2 Å². The summed E-state index contributed by atoms with van der Waals surface area (Å²) in [6, 6.07) is 6.70. The summed E-state index contributed by atoms with van der Waals surface area (Å²) in [7, 11) is 0. The minimum Gasteiger partial charge on any atom is -0.335 e. The summed E-state index contributed by atoms with van der Waals surface area (Å²) in [5, 5.41) is 4.69. The molecule has 1 N–H and O–H groups in total. The van der Waals surface area contributed by atoms with Gasteiger partial charge in [-0.2, -0.15) is 0 Å². The van der Waals surface area contributed by atoms with Gasteiger partial charge >= 0.3 is 0 Å². The largest absolute Gasteiger partial charge is 0.335 e. The normalized spacial score (nSPS) is 29.8. The molecular weight excluding hydrogens is 357 g/mol. The summed E-state index contributed by atoms with van der Waals surface area (Å²) in [5.41, 5.74) is 0.935. The lowest BCUT2D eigenvalue weighted by Crippen LogP contribution is -2.61. The average molecular weight is 382 g/mol. The summed E-state index contributed by atoms with van der Waals surface area (Å²) < 4.78 is 0. The fourth-order valence-electron chi connectivity index (χ4n) is 4.65. The number of nitrogens with one attached hydrogen (secondary N) is 1. The maximum Gasteiger partial charge on any atom is 0.227 e. The molecule has 4 fully saturated rings. The van der Waals surface area contributed by atoms with Gasteiger partial charge in [0, 0.05) is 25.2 Å². The Morgan fingerprint density at radius 3 is 2.68 bits per heavy atom. The Hall–Kier alpha value is -0.810. The van der Waals surface area contributed by atoms with Crippen LogP contribution in [0.4, 0.5) is 0 Å². The number of carbonyl (C=O) groups excluding carboxylic acids is 1. The summed E-state index contributed by atoms with van der Waals surface area (Å²) in [6.07, 6.45) is 5.33. The standard InChI is InChI=1S/C19H25Cl2N3O/c20-15-5-3-13(9-16(15)21)10-19(25)24-12-14-4-6-17(18(24)11-22-14)23-7-1-2-8-23/h3,5,9,14,17-18,22H,1-2,4,6-8,10-12H2/t14-,17+,18+/m0/s1. The monoisotopic (exact) mass is 381 g/mol. The number of rotatable bonds is 3. The number of nitrogens with zero attached hydrogens (tertiary/aromatic N) is 2. The van der Waals surface area contributed by atoms with Gasteiger partial charge in [0.25, 0.3) is 0 Å². The van der Waals surface area contributed by atoms with E-state index in [4.69, 9.17) is 23.2 Å². The average Bonchev–Trinajstić information content (AvgIpc) is 2.99. The van der Waals surface area contributed by atoms with Crippen LogP contribution >= 0.6 is 23.2 Å². The quantitative estimate of drug-likeness (QED) is 0.873. The SMILES string of the molecule is O=C(Cc1ccc(Cl)c(Cl)c1)N1C[C@@H]2CC[C@@H](N3CCCC3)[C@H]1CN2. The van der Waals surface area contributed by atoms with Crippen molar-refractivity contribution in [3.63, 3.8) is 0 Å². The fourth-order valence-corrected chi connectivity index (χ4v) is 4.97. The van der Waals surface area contributed by atoms with E-state index in [1.165, 1.54) is 32.4 Å². The molecule has 3 atom stereocenters. The molecule has 0 saturated carbocycles. The Morgan fingerprint density at radius 2 is 1.92 bits per heavy atom. The molecule has 5 rings (SSSR count). The molecule has 1 aromatic carbocycles. The molecule has 0 radical (unpaired) electrons. The number of likely N-dealkylation sites (tertiary alicyclic amines) is 1. The molecule has 0 unspecified atom stereocenters. The number of piperazine rings is 1. The number of hydrogen-bond donors (Lipinski definition) is 1. The van der Waals surface area contributed by atoms with Crippen molar-refractivity contribution in [3.8, 4) is 0 Å². The second-order valence-electron chi connectivity index (χ2n) is 7.53. The molecule has 25 heavy (non-hydrogen) atoms. The van der Waals surface area contributed by atoms with Crippen LogP contribution in [0.5, 0.6) is 0 Å². The summed E-state index contributed by atoms with van der Waals surface area (Å²) in [4.78, 5) is 17.8. The highest BCUT2D eigenvalue weighted by Gasteiger charge is 2.42. The molecule has 0 aliphatic carbocycles. The first-order valence-corrected chi connectivity index (χ1v) is 10.1. The number of hydrogen-bond acceptors (Lipinski definition) is 3. The zero-order chi connectivity index (χ0) is 17.4. The first-order chi connectivity index (χ1) is 12.1. The van der Waals surface area contributed by atoms with Gasteiger partial charge in [-0.25, -0.2) is 0 Å².